The molecular formula is C36H25Cl2IN2O5. The molecule has 1 fully saturated rings. The van der Waals surface area contributed by atoms with Crippen LogP contribution in [-0.2, 0) is 16.2 Å². The highest BCUT2D eigenvalue weighted by Gasteiger charge is 2.44. The van der Waals surface area contributed by atoms with Gasteiger partial charge < -0.3 is 9.47 Å². The monoisotopic (exact) mass is 762 g/mol. The molecule has 5 aromatic rings. The van der Waals surface area contributed by atoms with E-state index in [9.17, 15) is 14.4 Å². The molecule has 230 valence electrons. The van der Waals surface area contributed by atoms with Crippen LogP contribution in [0.4, 0.5) is 16.2 Å². The Balaban J connectivity index is 1.44. The van der Waals surface area contributed by atoms with Gasteiger partial charge in [0, 0.05) is 21.0 Å². The van der Waals surface area contributed by atoms with Crippen molar-refractivity contribution in [1.29, 1.82) is 0 Å². The lowest BCUT2D eigenvalue weighted by molar-refractivity contribution is -0.121. The first-order chi connectivity index (χ1) is 22.2. The number of hydrogen-bond acceptors (Lipinski definition) is 5. The number of carbonyl (C=O) groups excluding carboxylic acids is 3. The first-order valence-electron chi connectivity index (χ1n) is 14.1. The van der Waals surface area contributed by atoms with E-state index in [4.69, 9.17) is 32.7 Å². The molecule has 0 bridgehead atoms. The molecule has 10 heteroatoms. The van der Waals surface area contributed by atoms with Crippen molar-refractivity contribution < 1.29 is 23.9 Å². The molecule has 5 aromatic carbocycles. The van der Waals surface area contributed by atoms with E-state index < -0.39 is 17.8 Å². The quantitative estimate of drug-likeness (QED) is 0.0939. The van der Waals surface area contributed by atoms with Gasteiger partial charge in [-0.2, -0.15) is 0 Å². The van der Waals surface area contributed by atoms with Crippen molar-refractivity contribution >= 4 is 91.9 Å². The van der Waals surface area contributed by atoms with E-state index in [1.807, 2.05) is 43.3 Å². The minimum Gasteiger partial charge on any atom is -0.493 e. The standard InChI is InChI=1S/C36H25Cl2IN2O5/c1-21-7-5-10-26(15-21)40-34(42)28(35(43)41(36(40)44)31-12-6-9-23-8-3-4-11-27(23)31)16-22-17-30(39)33(32(18-22)45-2)46-20-24-13-14-25(37)19-29(24)38/h3-19H,20H2,1-2H3/b28-16+. The number of urea groups is 1. The molecule has 7 nitrogen and oxygen atoms in total. The van der Waals surface area contributed by atoms with Crippen molar-refractivity contribution in [2.24, 2.45) is 0 Å². The molecule has 46 heavy (non-hydrogen) atoms. The van der Waals surface area contributed by atoms with E-state index in [2.05, 4.69) is 22.6 Å². The van der Waals surface area contributed by atoms with Crippen LogP contribution in [0.5, 0.6) is 11.5 Å². The number of nitrogens with zero attached hydrogens (tertiary/aromatic N) is 2. The predicted octanol–water partition coefficient (Wildman–Crippen LogP) is 9.23. The van der Waals surface area contributed by atoms with Gasteiger partial charge in [0.1, 0.15) is 12.2 Å². The molecule has 0 aromatic heterocycles. The lowest BCUT2D eigenvalue weighted by atomic mass is 10.0. The Hall–Kier alpha value is -4.38. The van der Waals surface area contributed by atoms with Gasteiger partial charge >= 0.3 is 6.03 Å². The number of imide groups is 2. The predicted molar refractivity (Wildman–Crippen MR) is 190 cm³/mol. The van der Waals surface area contributed by atoms with Crippen molar-refractivity contribution in [2.45, 2.75) is 13.5 Å². The summed E-state index contributed by atoms with van der Waals surface area (Å²) in [4.78, 5) is 44.4. The first kappa shape index (κ1) is 31.6. The number of methoxy groups -OCH3 is 1. The van der Waals surface area contributed by atoms with Gasteiger partial charge in [0.15, 0.2) is 11.5 Å². The lowest BCUT2D eigenvalue weighted by Crippen LogP contribution is -2.57. The number of aryl methyl sites for hydroxylation is 1. The van der Waals surface area contributed by atoms with Gasteiger partial charge in [-0.25, -0.2) is 14.6 Å². The Kier molecular flexibility index (Phi) is 9.04. The lowest BCUT2D eigenvalue weighted by Gasteiger charge is -2.34. The maximum absolute atomic E-state index is 14.2. The molecule has 0 radical (unpaired) electrons. The maximum Gasteiger partial charge on any atom is 0.343 e. The third kappa shape index (κ3) is 6.08. The zero-order chi connectivity index (χ0) is 32.5. The summed E-state index contributed by atoms with van der Waals surface area (Å²) in [6.07, 6.45) is 1.47. The average Bonchev–Trinajstić information content (AvgIpc) is 3.03. The summed E-state index contributed by atoms with van der Waals surface area (Å²) in [5.74, 6) is -0.616. The van der Waals surface area contributed by atoms with Crippen LogP contribution in [0.2, 0.25) is 10.0 Å². The van der Waals surface area contributed by atoms with Crippen LogP contribution < -0.4 is 19.3 Å². The number of rotatable bonds is 7. The van der Waals surface area contributed by atoms with Crippen LogP contribution in [0.1, 0.15) is 16.7 Å². The van der Waals surface area contributed by atoms with Gasteiger partial charge in [-0.3, -0.25) is 9.59 Å². The Bertz CT molecular complexity index is 2070. The van der Waals surface area contributed by atoms with E-state index in [1.54, 1.807) is 60.7 Å². The van der Waals surface area contributed by atoms with Gasteiger partial charge in [0.05, 0.1) is 22.1 Å². The number of benzene rings is 5. The van der Waals surface area contributed by atoms with Gasteiger partial charge in [0.25, 0.3) is 11.8 Å². The molecule has 6 rings (SSSR count). The normalized spacial score (nSPS) is 14.4. The van der Waals surface area contributed by atoms with Crippen LogP contribution in [0.15, 0.2) is 103 Å². The topological polar surface area (TPSA) is 76.2 Å². The Labute approximate surface area is 289 Å². The van der Waals surface area contributed by atoms with Gasteiger partial charge in [-0.1, -0.05) is 77.8 Å². The van der Waals surface area contributed by atoms with E-state index in [0.717, 1.165) is 26.3 Å². The van der Waals surface area contributed by atoms with E-state index >= 15 is 0 Å². The molecule has 1 aliphatic heterocycles. The summed E-state index contributed by atoms with van der Waals surface area (Å²) in [6, 6.07) is 27.7. The number of ether oxygens (including phenoxy) is 2. The molecule has 4 amide bonds. The molecule has 1 heterocycles. The van der Waals surface area contributed by atoms with E-state index in [1.165, 1.54) is 13.2 Å². The van der Waals surface area contributed by atoms with Gasteiger partial charge in [-0.15, -0.1) is 0 Å². The third-order valence-electron chi connectivity index (χ3n) is 7.47. The Morgan fingerprint density at radius 3 is 2.33 bits per heavy atom. The van der Waals surface area contributed by atoms with Crippen LogP contribution >= 0.6 is 45.8 Å². The second kappa shape index (κ2) is 13.2. The second-order valence-corrected chi connectivity index (χ2v) is 12.5. The van der Waals surface area contributed by atoms with Crippen LogP contribution in [0.25, 0.3) is 16.8 Å². The Morgan fingerprint density at radius 1 is 0.826 bits per heavy atom. The molecule has 0 atom stereocenters. The third-order valence-corrected chi connectivity index (χ3v) is 8.86. The van der Waals surface area contributed by atoms with Gasteiger partial charge in [-0.05, 0) is 94.6 Å². The minimum atomic E-state index is -0.758. The summed E-state index contributed by atoms with van der Waals surface area (Å²) in [5.41, 5.74) is 2.64. The fourth-order valence-corrected chi connectivity index (χ4v) is 6.50. The number of amides is 4. The summed E-state index contributed by atoms with van der Waals surface area (Å²) in [7, 11) is 1.50. The minimum absolute atomic E-state index is 0.160. The fraction of sp³-hybridized carbons (Fsp3) is 0.0833. The number of halogens is 3. The summed E-state index contributed by atoms with van der Waals surface area (Å²) >= 11 is 14.5. The number of barbiturate groups is 1. The molecule has 1 saturated heterocycles. The molecule has 0 unspecified atom stereocenters. The summed E-state index contributed by atoms with van der Waals surface area (Å²) in [5, 5.41) is 2.54. The number of carbonyl (C=O) groups is 3. The number of fused-ring (bicyclic) bond motifs is 1. The average molecular weight is 763 g/mol. The highest BCUT2D eigenvalue weighted by molar-refractivity contribution is 14.1. The van der Waals surface area contributed by atoms with Crippen LogP contribution in [0.3, 0.4) is 0 Å². The van der Waals surface area contributed by atoms with Crippen molar-refractivity contribution in [1.82, 2.24) is 0 Å². The molecule has 0 saturated carbocycles. The summed E-state index contributed by atoms with van der Waals surface area (Å²) in [6.45, 7) is 2.03. The molecule has 1 aliphatic rings. The smallest absolute Gasteiger partial charge is 0.343 e. The first-order valence-corrected chi connectivity index (χ1v) is 15.9. The maximum atomic E-state index is 14.2. The highest BCUT2D eigenvalue weighted by Crippen LogP contribution is 2.38. The van der Waals surface area contributed by atoms with Crippen molar-refractivity contribution in [3.63, 3.8) is 0 Å². The van der Waals surface area contributed by atoms with Crippen molar-refractivity contribution in [3.8, 4) is 11.5 Å². The number of hydrogen-bond donors (Lipinski definition) is 0. The van der Waals surface area contributed by atoms with Gasteiger partial charge in [0.2, 0.25) is 0 Å². The highest BCUT2D eigenvalue weighted by atomic mass is 127. The number of anilines is 2. The van der Waals surface area contributed by atoms with Crippen LogP contribution in [0, 0.1) is 10.5 Å². The zero-order valence-corrected chi connectivity index (χ0v) is 28.3. The van der Waals surface area contributed by atoms with Crippen molar-refractivity contribution in [2.75, 3.05) is 16.9 Å². The molecule has 0 aliphatic carbocycles. The molecule has 0 N–H and O–H groups in total. The second-order valence-electron chi connectivity index (χ2n) is 10.5. The van der Waals surface area contributed by atoms with E-state index in [0.29, 0.717) is 47.4 Å². The van der Waals surface area contributed by atoms with E-state index in [-0.39, 0.29) is 12.2 Å². The SMILES string of the molecule is COc1cc(/C=C2\C(=O)N(c3cccc(C)c3)C(=O)N(c3cccc4ccccc34)C2=O)cc(I)c1OCc1ccc(Cl)cc1Cl. The largest absolute Gasteiger partial charge is 0.493 e. The molecule has 0 spiro atoms. The molecular weight excluding hydrogens is 738 g/mol. The summed E-state index contributed by atoms with van der Waals surface area (Å²) < 4.78 is 12.4. The Morgan fingerprint density at radius 2 is 1.57 bits per heavy atom. The fourth-order valence-electron chi connectivity index (χ4n) is 5.26. The van der Waals surface area contributed by atoms with Crippen molar-refractivity contribution in [3.05, 3.63) is 133 Å². The van der Waals surface area contributed by atoms with Crippen LogP contribution in [-0.4, -0.2) is 25.0 Å². The zero-order valence-electron chi connectivity index (χ0n) is 24.6.